The minimum absolute atomic E-state index is 0.255. The van der Waals surface area contributed by atoms with Crippen LogP contribution in [0.1, 0.15) is 30.8 Å². The summed E-state index contributed by atoms with van der Waals surface area (Å²) in [6.45, 7) is 3.96. The van der Waals surface area contributed by atoms with Crippen molar-refractivity contribution in [1.82, 2.24) is 15.5 Å². The van der Waals surface area contributed by atoms with E-state index in [1.165, 1.54) is 7.11 Å². The predicted molar refractivity (Wildman–Crippen MR) is 78.8 cm³/mol. The van der Waals surface area contributed by atoms with E-state index in [0.29, 0.717) is 6.42 Å². The third-order valence-corrected chi connectivity index (χ3v) is 3.18. The first-order valence-electron chi connectivity index (χ1n) is 6.84. The van der Waals surface area contributed by atoms with Crippen LogP contribution in [-0.4, -0.2) is 35.2 Å². The van der Waals surface area contributed by atoms with Crippen LogP contribution < -0.4 is 5.32 Å². The van der Waals surface area contributed by atoms with Crippen LogP contribution in [0, 0.1) is 5.92 Å². The molecule has 1 aromatic heterocycles. The standard InChI is InChI=1S/C15H19N3O3/c1-9(2)8-12(15(20)21-3)16-14(19)13-10-6-4-5-7-11(10)17-18-13/h4-7,9,12H,8H2,1-3H3,(H,16,19)(H,17,18)/t12-/m0/s1. The number of nitrogens with zero attached hydrogens (tertiary/aromatic N) is 1. The van der Waals surface area contributed by atoms with Gasteiger partial charge in [-0.25, -0.2) is 4.79 Å². The molecule has 21 heavy (non-hydrogen) atoms. The Labute approximate surface area is 122 Å². The molecule has 2 rings (SSSR count). The molecular weight excluding hydrogens is 270 g/mol. The van der Waals surface area contributed by atoms with Crippen molar-refractivity contribution in [2.24, 2.45) is 5.92 Å². The number of aromatic amines is 1. The number of nitrogens with one attached hydrogen (secondary N) is 2. The molecule has 112 valence electrons. The van der Waals surface area contributed by atoms with Crippen molar-refractivity contribution in [3.8, 4) is 0 Å². The van der Waals surface area contributed by atoms with E-state index in [1.807, 2.05) is 38.1 Å². The zero-order valence-electron chi connectivity index (χ0n) is 12.3. The highest BCUT2D eigenvalue weighted by atomic mass is 16.5. The van der Waals surface area contributed by atoms with Gasteiger partial charge < -0.3 is 10.1 Å². The Morgan fingerprint density at radius 2 is 2.05 bits per heavy atom. The molecule has 2 N–H and O–H groups in total. The second-order valence-electron chi connectivity index (χ2n) is 5.30. The Kier molecular flexibility index (Phi) is 4.57. The fourth-order valence-electron chi connectivity index (χ4n) is 2.19. The molecule has 0 aliphatic rings. The van der Waals surface area contributed by atoms with Gasteiger partial charge in [-0.2, -0.15) is 5.10 Å². The highest BCUT2D eigenvalue weighted by Gasteiger charge is 2.24. The second kappa shape index (κ2) is 6.39. The third-order valence-electron chi connectivity index (χ3n) is 3.18. The Morgan fingerprint density at radius 1 is 1.33 bits per heavy atom. The van der Waals surface area contributed by atoms with Gasteiger partial charge in [0.25, 0.3) is 5.91 Å². The number of benzene rings is 1. The monoisotopic (exact) mass is 289 g/mol. The van der Waals surface area contributed by atoms with Crippen LogP contribution in [0.4, 0.5) is 0 Å². The molecule has 6 heteroatoms. The van der Waals surface area contributed by atoms with Gasteiger partial charge in [0.2, 0.25) is 0 Å². The number of para-hydroxylation sites is 1. The maximum Gasteiger partial charge on any atom is 0.328 e. The van der Waals surface area contributed by atoms with E-state index in [2.05, 4.69) is 15.5 Å². The Hall–Kier alpha value is -2.37. The summed E-state index contributed by atoms with van der Waals surface area (Å²) < 4.78 is 4.74. The van der Waals surface area contributed by atoms with Gasteiger partial charge in [-0.1, -0.05) is 32.0 Å². The van der Waals surface area contributed by atoms with Crippen molar-refractivity contribution < 1.29 is 14.3 Å². The van der Waals surface area contributed by atoms with Crippen LogP contribution in [-0.2, 0) is 9.53 Å². The molecule has 0 aliphatic heterocycles. The van der Waals surface area contributed by atoms with Gasteiger partial charge in [0, 0.05) is 5.39 Å². The van der Waals surface area contributed by atoms with Gasteiger partial charge in [0.05, 0.1) is 12.6 Å². The molecule has 6 nitrogen and oxygen atoms in total. The minimum atomic E-state index is -0.669. The molecular formula is C15H19N3O3. The number of carbonyl (C=O) groups excluding carboxylic acids is 2. The first-order valence-corrected chi connectivity index (χ1v) is 6.84. The lowest BCUT2D eigenvalue weighted by atomic mass is 10.0. The minimum Gasteiger partial charge on any atom is -0.467 e. The van der Waals surface area contributed by atoms with E-state index >= 15 is 0 Å². The normalized spacial score (nSPS) is 12.4. The van der Waals surface area contributed by atoms with Gasteiger partial charge in [-0.15, -0.1) is 0 Å². The molecule has 0 saturated heterocycles. The van der Waals surface area contributed by atoms with Crippen LogP contribution in [0.3, 0.4) is 0 Å². The number of carbonyl (C=O) groups is 2. The number of fused-ring (bicyclic) bond motifs is 1. The van der Waals surface area contributed by atoms with Gasteiger partial charge in [0.1, 0.15) is 6.04 Å². The molecule has 0 radical (unpaired) electrons. The zero-order valence-corrected chi connectivity index (χ0v) is 12.3. The van der Waals surface area contributed by atoms with Crippen LogP contribution in [0.2, 0.25) is 0 Å². The SMILES string of the molecule is COC(=O)[C@H](CC(C)C)NC(=O)c1n[nH]c2ccccc12. The van der Waals surface area contributed by atoms with Crippen molar-refractivity contribution >= 4 is 22.8 Å². The molecule has 0 saturated carbocycles. The van der Waals surface area contributed by atoms with E-state index in [-0.39, 0.29) is 17.5 Å². The van der Waals surface area contributed by atoms with Crippen molar-refractivity contribution in [1.29, 1.82) is 0 Å². The van der Waals surface area contributed by atoms with E-state index in [1.54, 1.807) is 0 Å². The largest absolute Gasteiger partial charge is 0.467 e. The summed E-state index contributed by atoms with van der Waals surface area (Å²) in [5.41, 5.74) is 1.06. The molecule has 2 aromatic rings. The quantitative estimate of drug-likeness (QED) is 0.823. The Balaban J connectivity index is 2.20. The number of hydrogen-bond donors (Lipinski definition) is 2. The van der Waals surface area contributed by atoms with E-state index in [4.69, 9.17) is 4.74 Å². The molecule has 1 atom stereocenters. The number of H-pyrrole nitrogens is 1. The van der Waals surface area contributed by atoms with Crippen molar-refractivity contribution in [2.75, 3.05) is 7.11 Å². The number of aromatic nitrogens is 2. The second-order valence-corrected chi connectivity index (χ2v) is 5.30. The van der Waals surface area contributed by atoms with Crippen molar-refractivity contribution in [3.05, 3.63) is 30.0 Å². The lowest BCUT2D eigenvalue weighted by Crippen LogP contribution is -2.42. The highest BCUT2D eigenvalue weighted by molar-refractivity contribution is 6.05. The van der Waals surface area contributed by atoms with Gasteiger partial charge in [-0.3, -0.25) is 9.89 Å². The summed E-state index contributed by atoms with van der Waals surface area (Å²) in [6, 6.07) is 6.67. The predicted octanol–water partition coefficient (Wildman–Crippen LogP) is 1.88. The summed E-state index contributed by atoms with van der Waals surface area (Å²) in [5, 5.41) is 10.2. The average molecular weight is 289 g/mol. The maximum atomic E-state index is 12.3. The fraction of sp³-hybridized carbons (Fsp3) is 0.400. The van der Waals surface area contributed by atoms with E-state index < -0.39 is 12.0 Å². The number of amides is 1. The fourth-order valence-corrected chi connectivity index (χ4v) is 2.19. The average Bonchev–Trinajstić information content (AvgIpc) is 2.89. The molecule has 0 aliphatic carbocycles. The summed E-state index contributed by atoms with van der Waals surface area (Å²) in [6.07, 6.45) is 0.515. The molecule has 1 aromatic carbocycles. The molecule has 0 bridgehead atoms. The van der Waals surface area contributed by atoms with Gasteiger partial charge in [0.15, 0.2) is 5.69 Å². The van der Waals surface area contributed by atoms with Crippen LogP contribution in [0.15, 0.2) is 24.3 Å². The molecule has 0 spiro atoms. The summed E-state index contributed by atoms with van der Waals surface area (Å²) in [5.74, 6) is -0.578. The lowest BCUT2D eigenvalue weighted by Gasteiger charge is -2.17. The number of rotatable bonds is 5. The molecule has 0 fully saturated rings. The third kappa shape index (κ3) is 3.39. The Morgan fingerprint density at radius 3 is 2.71 bits per heavy atom. The zero-order chi connectivity index (χ0) is 15.4. The van der Waals surface area contributed by atoms with E-state index in [9.17, 15) is 9.59 Å². The number of ether oxygens (including phenoxy) is 1. The maximum absolute atomic E-state index is 12.3. The summed E-state index contributed by atoms with van der Waals surface area (Å²) in [7, 11) is 1.31. The van der Waals surface area contributed by atoms with Crippen LogP contribution >= 0.6 is 0 Å². The topological polar surface area (TPSA) is 84.1 Å². The van der Waals surface area contributed by atoms with Crippen molar-refractivity contribution in [2.45, 2.75) is 26.3 Å². The molecule has 1 heterocycles. The molecule has 1 amide bonds. The first-order chi connectivity index (χ1) is 10.0. The van der Waals surface area contributed by atoms with Crippen LogP contribution in [0.5, 0.6) is 0 Å². The van der Waals surface area contributed by atoms with Crippen molar-refractivity contribution in [3.63, 3.8) is 0 Å². The summed E-state index contributed by atoms with van der Waals surface area (Å²) >= 11 is 0. The highest BCUT2D eigenvalue weighted by Crippen LogP contribution is 2.15. The van der Waals surface area contributed by atoms with Gasteiger partial charge >= 0.3 is 5.97 Å². The van der Waals surface area contributed by atoms with Crippen LogP contribution in [0.25, 0.3) is 10.9 Å². The number of hydrogen-bond acceptors (Lipinski definition) is 4. The van der Waals surface area contributed by atoms with Gasteiger partial charge in [-0.05, 0) is 18.4 Å². The number of esters is 1. The first kappa shape index (κ1) is 15.0. The Bertz CT molecular complexity index is 648. The smallest absolute Gasteiger partial charge is 0.328 e. The number of methoxy groups -OCH3 is 1. The lowest BCUT2D eigenvalue weighted by molar-refractivity contribution is -0.143. The van der Waals surface area contributed by atoms with E-state index in [0.717, 1.165) is 10.9 Å². The summed E-state index contributed by atoms with van der Waals surface area (Å²) in [4.78, 5) is 24.1. The molecule has 0 unspecified atom stereocenters.